The van der Waals surface area contributed by atoms with Crippen molar-refractivity contribution in [1.29, 1.82) is 0 Å². The summed E-state index contributed by atoms with van der Waals surface area (Å²) >= 11 is 6.02. The maximum atomic E-state index is 6.02. The van der Waals surface area contributed by atoms with E-state index in [1.807, 2.05) is 6.07 Å². The minimum atomic E-state index is 0. The minimum absolute atomic E-state index is 0. The summed E-state index contributed by atoms with van der Waals surface area (Å²) in [4.78, 5) is 2.58. The predicted molar refractivity (Wildman–Crippen MR) is 76.8 cm³/mol. The fraction of sp³-hybridized carbons (Fsp3) is 0.500. The zero-order valence-electron chi connectivity index (χ0n) is 9.49. The Balaban J connectivity index is 0.000000722. The number of hydrogen-bond donors (Lipinski definition) is 1. The second-order valence-corrected chi connectivity index (χ2v) is 4.79. The van der Waals surface area contributed by atoms with Crippen LogP contribution in [-0.2, 0) is 6.42 Å². The number of fused-ring (bicyclic) bond motifs is 3. The van der Waals surface area contributed by atoms with Crippen LogP contribution in [0.1, 0.15) is 17.2 Å². The van der Waals surface area contributed by atoms with Gasteiger partial charge in [-0.2, -0.15) is 0 Å². The molecule has 1 fully saturated rings. The smallest absolute Gasteiger partial charge is 0.0476 e. The van der Waals surface area contributed by atoms with Crippen LogP contribution in [0.25, 0.3) is 0 Å². The van der Waals surface area contributed by atoms with Gasteiger partial charge in [0.25, 0.3) is 0 Å². The van der Waals surface area contributed by atoms with Crippen LogP contribution in [0.2, 0.25) is 5.02 Å². The Morgan fingerprint density at radius 2 is 2.06 bits per heavy atom. The van der Waals surface area contributed by atoms with Gasteiger partial charge in [0.15, 0.2) is 0 Å². The average Bonchev–Trinajstić information content (AvgIpc) is 2.28. The van der Waals surface area contributed by atoms with E-state index in [-0.39, 0.29) is 24.8 Å². The normalized spacial score (nSPS) is 22.8. The SMILES string of the molecule is Cl.Cl.Clc1ccc2c(c1)CCN1CCNCC21. The number of piperazine rings is 1. The lowest BCUT2D eigenvalue weighted by Gasteiger charge is -2.40. The summed E-state index contributed by atoms with van der Waals surface area (Å²) in [6, 6.07) is 6.91. The zero-order valence-corrected chi connectivity index (χ0v) is 11.9. The standard InChI is InChI=1S/C12H15ClN2.2ClH/c13-10-1-2-11-9(7-10)3-5-15-6-4-14-8-12(11)15;;/h1-2,7,12,14H,3-6,8H2;2*1H. The van der Waals surface area contributed by atoms with E-state index < -0.39 is 0 Å². The lowest BCUT2D eigenvalue weighted by atomic mass is 9.91. The molecule has 0 saturated carbocycles. The molecule has 1 aromatic rings. The molecule has 0 amide bonds. The molecule has 96 valence electrons. The molecule has 1 saturated heterocycles. The van der Waals surface area contributed by atoms with Gasteiger partial charge >= 0.3 is 0 Å². The van der Waals surface area contributed by atoms with Crippen molar-refractivity contribution in [3.05, 3.63) is 34.3 Å². The van der Waals surface area contributed by atoms with E-state index in [1.54, 1.807) is 0 Å². The Hall–Kier alpha value is 0.01000. The minimum Gasteiger partial charge on any atom is -0.314 e. The molecular weight excluding hydrogens is 279 g/mol. The first kappa shape index (κ1) is 15.1. The van der Waals surface area contributed by atoms with E-state index >= 15 is 0 Å². The largest absolute Gasteiger partial charge is 0.314 e. The van der Waals surface area contributed by atoms with Crippen LogP contribution in [0.3, 0.4) is 0 Å². The molecule has 1 aromatic carbocycles. The number of nitrogens with one attached hydrogen (secondary N) is 1. The first-order valence-electron chi connectivity index (χ1n) is 5.58. The molecule has 5 heteroatoms. The third-order valence-corrected chi connectivity index (χ3v) is 3.72. The summed E-state index contributed by atoms with van der Waals surface area (Å²) in [5.74, 6) is 0. The molecule has 0 spiro atoms. The molecule has 2 aliphatic heterocycles. The van der Waals surface area contributed by atoms with Crippen LogP contribution in [-0.4, -0.2) is 31.1 Å². The van der Waals surface area contributed by atoms with Gasteiger partial charge in [0.1, 0.15) is 0 Å². The van der Waals surface area contributed by atoms with Gasteiger partial charge in [-0.3, -0.25) is 4.90 Å². The van der Waals surface area contributed by atoms with Crippen LogP contribution in [0, 0.1) is 0 Å². The quantitative estimate of drug-likeness (QED) is 0.792. The van der Waals surface area contributed by atoms with Crippen LogP contribution in [0.4, 0.5) is 0 Å². The Morgan fingerprint density at radius 3 is 2.88 bits per heavy atom. The highest BCUT2D eigenvalue weighted by Gasteiger charge is 2.28. The zero-order chi connectivity index (χ0) is 10.3. The van der Waals surface area contributed by atoms with Gasteiger partial charge in [-0.15, -0.1) is 24.8 Å². The second-order valence-electron chi connectivity index (χ2n) is 4.35. The third kappa shape index (κ3) is 2.88. The van der Waals surface area contributed by atoms with Crippen LogP contribution in [0.5, 0.6) is 0 Å². The summed E-state index contributed by atoms with van der Waals surface area (Å²) in [5.41, 5.74) is 2.91. The van der Waals surface area contributed by atoms with Crippen molar-refractivity contribution in [2.75, 3.05) is 26.2 Å². The third-order valence-electron chi connectivity index (χ3n) is 3.49. The van der Waals surface area contributed by atoms with Crippen LogP contribution >= 0.6 is 36.4 Å². The molecule has 1 unspecified atom stereocenters. The van der Waals surface area contributed by atoms with Crippen LogP contribution in [0.15, 0.2) is 18.2 Å². The van der Waals surface area contributed by atoms with Gasteiger partial charge in [0.2, 0.25) is 0 Å². The Kier molecular flexibility index (Phi) is 5.55. The van der Waals surface area contributed by atoms with Crippen molar-refractivity contribution in [1.82, 2.24) is 10.2 Å². The van der Waals surface area contributed by atoms with Crippen molar-refractivity contribution in [2.24, 2.45) is 0 Å². The van der Waals surface area contributed by atoms with E-state index in [1.165, 1.54) is 24.2 Å². The lowest BCUT2D eigenvalue weighted by molar-refractivity contribution is 0.152. The molecular formula is C12H17Cl3N2. The summed E-state index contributed by atoms with van der Waals surface area (Å²) in [6.45, 7) is 4.56. The van der Waals surface area contributed by atoms with Gasteiger partial charge in [0.05, 0.1) is 0 Å². The Bertz CT molecular complexity index is 384. The van der Waals surface area contributed by atoms with E-state index in [0.717, 1.165) is 24.5 Å². The van der Waals surface area contributed by atoms with Gasteiger partial charge in [0, 0.05) is 37.2 Å². The topological polar surface area (TPSA) is 15.3 Å². The number of hydrogen-bond acceptors (Lipinski definition) is 2. The average molecular weight is 296 g/mol. The number of nitrogens with zero attached hydrogens (tertiary/aromatic N) is 1. The first-order valence-corrected chi connectivity index (χ1v) is 5.95. The highest BCUT2D eigenvalue weighted by Crippen LogP contribution is 2.31. The number of halogens is 3. The van der Waals surface area contributed by atoms with Crippen LogP contribution < -0.4 is 5.32 Å². The van der Waals surface area contributed by atoms with E-state index in [4.69, 9.17) is 11.6 Å². The predicted octanol–water partition coefficient (Wildman–Crippen LogP) is 2.69. The van der Waals surface area contributed by atoms with Crippen molar-refractivity contribution >= 4 is 36.4 Å². The number of benzene rings is 1. The lowest BCUT2D eigenvalue weighted by Crippen LogP contribution is -2.48. The summed E-state index contributed by atoms with van der Waals surface area (Å²) in [7, 11) is 0. The molecule has 17 heavy (non-hydrogen) atoms. The summed E-state index contributed by atoms with van der Waals surface area (Å²) in [5, 5.41) is 4.33. The first-order chi connectivity index (χ1) is 7.34. The molecule has 2 heterocycles. The monoisotopic (exact) mass is 294 g/mol. The molecule has 0 aliphatic carbocycles. The molecule has 3 rings (SSSR count). The highest BCUT2D eigenvalue weighted by atomic mass is 35.5. The van der Waals surface area contributed by atoms with Crippen molar-refractivity contribution < 1.29 is 0 Å². The second kappa shape index (κ2) is 6.26. The fourth-order valence-corrected chi connectivity index (χ4v) is 2.90. The molecule has 1 atom stereocenters. The van der Waals surface area contributed by atoms with E-state index in [0.29, 0.717) is 6.04 Å². The molecule has 0 bridgehead atoms. The maximum absolute atomic E-state index is 6.02. The van der Waals surface area contributed by atoms with Crippen molar-refractivity contribution in [2.45, 2.75) is 12.5 Å². The van der Waals surface area contributed by atoms with Gasteiger partial charge in [-0.05, 0) is 29.7 Å². The van der Waals surface area contributed by atoms with Crippen molar-refractivity contribution in [3.8, 4) is 0 Å². The van der Waals surface area contributed by atoms with Gasteiger partial charge in [-0.25, -0.2) is 0 Å². The van der Waals surface area contributed by atoms with E-state index in [2.05, 4.69) is 22.3 Å². The highest BCUT2D eigenvalue weighted by molar-refractivity contribution is 6.30. The van der Waals surface area contributed by atoms with Gasteiger partial charge in [-0.1, -0.05) is 17.7 Å². The maximum Gasteiger partial charge on any atom is 0.0476 e. The molecule has 2 nitrogen and oxygen atoms in total. The number of rotatable bonds is 0. The fourth-order valence-electron chi connectivity index (χ4n) is 2.70. The van der Waals surface area contributed by atoms with Gasteiger partial charge < -0.3 is 5.32 Å². The Morgan fingerprint density at radius 1 is 1.24 bits per heavy atom. The van der Waals surface area contributed by atoms with E-state index in [9.17, 15) is 0 Å². The molecule has 2 aliphatic rings. The van der Waals surface area contributed by atoms with Crippen molar-refractivity contribution in [3.63, 3.8) is 0 Å². The Labute approximate surface area is 120 Å². The molecule has 0 aromatic heterocycles. The molecule has 1 N–H and O–H groups in total. The molecule has 0 radical (unpaired) electrons. The summed E-state index contributed by atoms with van der Waals surface area (Å²) in [6.07, 6.45) is 1.15. The summed E-state index contributed by atoms with van der Waals surface area (Å²) < 4.78 is 0.